The molecule has 128 valence electrons. The maximum atomic E-state index is 5.42. The van der Waals surface area contributed by atoms with Crippen molar-refractivity contribution in [2.45, 2.75) is 38.1 Å². The summed E-state index contributed by atoms with van der Waals surface area (Å²) in [7, 11) is 4.38. The van der Waals surface area contributed by atoms with Crippen LogP contribution in [0, 0.1) is 6.92 Å². The Morgan fingerprint density at radius 1 is 1.22 bits per heavy atom. The normalized spacial score (nSPS) is 21.0. The highest BCUT2D eigenvalue weighted by Crippen LogP contribution is 2.33. The molecule has 0 radical (unpaired) electrons. The van der Waals surface area contributed by atoms with Crippen LogP contribution in [-0.2, 0) is 4.74 Å². The van der Waals surface area contributed by atoms with Gasteiger partial charge in [-0.25, -0.2) is 4.98 Å². The zero-order chi connectivity index (χ0) is 16.3. The van der Waals surface area contributed by atoms with Crippen molar-refractivity contribution in [3.05, 3.63) is 11.8 Å². The Balaban J connectivity index is 1.71. The SMILES string of the molecule is Cc1cc(NCC2(N(C)C)CCCC2)nc(N2CCOCC2)n1. The molecule has 2 aliphatic rings. The van der Waals surface area contributed by atoms with Crippen molar-refractivity contribution >= 4 is 11.8 Å². The van der Waals surface area contributed by atoms with Gasteiger partial charge in [0, 0.05) is 36.9 Å². The number of rotatable bonds is 5. The molecule has 0 unspecified atom stereocenters. The largest absolute Gasteiger partial charge is 0.378 e. The fraction of sp³-hybridized carbons (Fsp3) is 0.765. The van der Waals surface area contributed by atoms with Crippen LogP contribution in [0.4, 0.5) is 11.8 Å². The minimum atomic E-state index is 0.262. The molecule has 0 aromatic carbocycles. The number of ether oxygens (including phenoxy) is 1. The molecule has 2 fully saturated rings. The molecule has 1 aliphatic heterocycles. The van der Waals surface area contributed by atoms with E-state index in [1.165, 1.54) is 25.7 Å². The summed E-state index contributed by atoms with van der Waals surface area (Å²) in [6.45, 7) is 6.22. The second-order valence-corrected chi connectivity index (χ2v) is 6.97. The van der Waals surface area contributed by atoms with Crippen LogP contribution in [0.25, 0.3) is 0 Å². The van der Waals surface area contributed by atoms with E-state index < -0.39 is 0 Å². The van der Waals surface area contributed by atoms with E-state index in [0.29, 0.717) is 0 Å². The lowest BCUT2D eigenvalue weighted by Crippen LogP contribution is -2.47. The van der Waals surface area contributed by atoms with Crippen LogP contribution < -0.4 is 10.2 Å². The van der Waals surface area contributed by atoms with Crippen molar-refractivity contribution in [2.24, 2.45) is 0 Å². The van der Waals surface area contributed by atoms with E-state index in [9.17, 15) is 0 Å². The van der Waals surface area contributed by atoms with E-state index in [2.05, 4.69) is 34.2 Å². The second-order valence-electron chi connectivity index (χ2n) is 6.97. The van der Waals surface area contributed by atoms with Gasteiger partial charge in [0.25, 0.3) is 0 Å². The third-order valence-corrected chi connectivity index (χ3v) is 5.22. The van der Waals surface area contributed by atoms with E-state index in [1.54, 1.807) is 0 Å². The Bertz CT molecular complexity index is 522. The second kappa shape index (κ2) is 7.01. The lowest BCUT2D eigenvalue weighted by Gasteiger charge is -2.36. The number of likely N-dealkylation sites (N-methyl/N-ethyl adjacent to an activating group) is 1. The fourth-order valence-electron chi connectivity index (χ4n) is 3.62. The summed E-state index contributed by atoms with van der Waals surface area (Å²) in [6.07, 6.45) is 5.16. The molecule has 0 amide bonds. The Morgan fingerprint density at radius 3 is 2.57 bits per heavy atom. The molecular formula is C17H29N5O. The maximum Gasteiger partial charge on any atom is 0.227 e. The van der Waals surface area contributed by atoms with Gasteiger partial charge in [-0.2, -0.15) is 4.98 Å². The Labute approximate surface area is 139 Å². The van der Waals surface area contributed by atoms with Crippen molar-refractivity contribution in [1.82, 2.24) is 14.9 Å². The van der Waals surface area contributed by atoms with Crippen molar-refractivity contribution in [2.75, 3.05) is 57.2 Å². The molecule has 1 saturated carbocycles. The smallest absolute Gasteiger partial charge is 0.227 e. The van der Waals surface area contributed by atoms with Gasteiger partial charge in [0.2, 0.25) is 5.95 Å². The van der Waals surface area contributed by atoms with Crippen LogP contribution in [0.1, 0.15) is 31.4 Å². The minimum absolute atomic E-state index is 0.262. The molecule has 1 aromatic heterocycles. The van der Waals surface area contributed by atoms with Crippen LogP contribution in [-0.4, -0.2) is 67.4 Å². The molecule has 23 heavy (non-hydrogen) atoms. The van der Waals surface area contributed by atoms with E-state index in [4.69, 9.17) is 9.72 Å². The molecule has 0 spiro atoms. The zero-order valence-corrected chi connectivity index (χ0v) is 14.6. The molecule has 1 saturated heterocycles. The molecular weight excluding hydrogens is 290 g/mol. The number of hydrogen-bond acceptors (Lipinski definition) is 6. The highest BCUT2D eigenvalue weighted by atomic mass is 16.5. The van der Waals surface area contributed by atoms with Crippen molar-refractivity contribution in [3.8, 4) is 0 Å². The number of nitrogens with one attached hydrogen (secondary N) is 1. The van der Waals surface area contributed by atoms with Gasteiger partial charge in [-0.3, -0.25) is 0 Å². The van der Waals surface area contributed by atoms with Crippen molar-refractivity contribution in [1.29, 1.82) is 0 Å². The van der Waals surface area contributed by atoms with Gasteiger partial charge in [-0.15, -0.1) is 0 Å². The summed E-state index contributed by atoms with van der Waals surface area (Å²) in [5.41, 5.74) is 1.27. The molecule has 2 heterocycles. The van der Waals surface area contributed by atoms with Crippen molar-refractivity contribution in [3.63, 3.8) is 0 Å². The van der Waals surface area contributed by atoms with Gasteiger partial charge in [-0.05, 0) is 33.9 Å². The molecule has 0 atom stereocenters. The predicted octanol–water partition coefficient (Wildman–Crippen LogP) is 1.91. The van der Waals surface area contributed by atoms with Gasteiger partial charge in [0.1, 0.15) is 5.82 Å². The maximum absolute atomic E-state index is 5.42. The lowest BCUT2D eigenvalue weighted by molar-refractivity contribution is 0.122. The van der Waals surface area contributed by atoms with E-state index in [1.807, 2.05) is 13.0 Å². The molecule has 3 rings (SSSR count). The van der Waals surface area contributed by atoms with E-state index >= 15 is 0 Å². The van der Waals surface area contributed by atoms with Crippen LogP contribution in [0.5, 0.6) is 0 Å². The third-order valence-electron chi connectivity index (χ3n) is 5.22. The number of hydrogen-bond donors (Lipinski definition) is 1. The number of nitrogens with zero attached hydrogens (tertiary/aromatic N) is 4. The number of anilines is 2. The first-order valence-corrected chi connectivity index (χ1v) is 8.69. The summed E-state index contributed by atoms with van der Waals surface area (Å²) >= 11 is 0. The van der Waals surface area contributed by atoms with Crippen LogP contribution in [0.2, 0.25) is 0 Å². The summed E-state index contributed by atoms with van der Waals surface area (Å²) < 4.78 is 5.42. The Hall–Kier alpha value is -1.40. The molecule has 1 N–H and O–H groups in total. The summed E-state index contributed by atoms with van der Waals surface area (Å²) in [4.78, 5) is 13.9. The van der Waals surface area contributed by atoms with Gasteiger partial charge < -0.3 is 19.9 Å². The van der Waals surface area contributed by atoms with Gasteiger partial charge in [0.05, 0.1) is 13.2 Å². The zero-order valence-electron chi connectivity index (χ0n) is 14.6. The van der Waals surface area contributed by atoms with Crippen LogP contribution in [0.15, 0.2) is 6.07 Å². The fourth-order valence-corrected chi connectivity index (χ4v) is 3.62. The lowest BCUT2D eigenvalue weighted by atomic mass is 9.96. The first-order valence-electron chi connectivity index (χ1n) is 8.69. The first-order chi connectivity index (χ1) is 11.1. The topological polar surface area (TPSA) is 53.5 Å². The molecule has 6 heteroatoms. The standard InChI is InChI=1S/C17H29N5O/c1-14-12-15(18-13-17(21(2)3)6-4-5-7-17)20-16(19-14)22-8-10-23-11-9-22/h12H,4-11,13H2,1-3H3,(H,18,19,20). The molecule has 0 bridgehead atoms. The van der Waals surface area contributed by atoms with Gasteiger partial charge in [0.15, 0.2) is 0 Å². The Morgan fingerprint density at radius 2 is 1.91 bits per heavy atom. The van der Waals surface area contributed by atoms with E-state index in [0.717, 1.165) is 50.3 Å². The van der Waals surface area contributed by atoms with Gasteiger partial charge >= 0.3 is 0 Å². The predicted molar refractivity (Wildman–Crippen MR) is 93.2 cm³/mol. The monoisotopic (exact) mass is 319 g/mol. The highest BCUT2D eigenvalue weighted by molar-refractivity contribution is 5.44. The van der Waals surface area contributed by atoms with Gasteiger partial charge in [-0.1, -0.05) is 12.8 Å². The highest BCUT2D eigenvalue weighted by Gasteiger charge is 2.35. The summed E-state index contributed by atoms with van der Waals surface area (Å²) in [6, 6.07) is 2.04. The number of aryl methyl sites for hydroxylation is 1. The molecule has 1 aliphatic carbocycles. The van der Waals surface area contributed by atoms with Crippen LogP contribution >= 0.6 is 0 Å². The average Bonchev–Trinajstić information content (AvgIpc) is 3.04. The van der Waals surface area contributed by atoms with Crippen molar-refractivity contribution < 1.29 is 4.74 Å². The minimum Gasteiger partial charge on any atom is -0.378 e. The van der Waals surface area contributed by atoms with Crippen LogP contribution in [0.3, 0.4) is 0 Å². The number of morpholine rings is 1. The molecule has 6 nitrogen and oxygen atoms in total. The average molecular weight is 319 g/mol. The Kier molecular flexibility index (Phi) is 5.02. The molecule has 1 aromatic rings. The van der Waals surface area contributed by atoms with E-state index in [-0.39, 0.29) is 5.54 Å². The summed E-state index contributed by atoms with van der Waals surface area (Å²) in [5.74, 6) is 1.76. The third kappa shape index (κ3) is 3.75. The first kappa shape index (κ1) is 16.5. The quantitative estimate of drug-likeness (QED) is 0.895. The summed E-state index contributed by atoms with van der Waals surface area (Å²) in [5, 5.41) is 3.58. The number of aromatic nitrogens is 2.